The molecule has 8 nitrogen and oxygen atoms in total. The van der Waals surface area contributed by atoms with Gasteiger partial charge in [0.2, 0.25) is 11.7 Å². The lowest BCUT2D eigenvalue weighted by Crippen LogP contribution is -2.41. The highest BCUT2D eigenvalue weighted by Crippen LogP contribution is 2.15. The van der Waals surface area contributed by atoms with Crippen molar-refractivity contribution in [3.63, 3.8) is 0 Å². The molecule has 0 aliphatic rings. The Kier molecular flexibility index (Phi) is 6.10. The van der Waals surface area contributed by atoms with E-state index in [0.717, 1.165) is 0 Å². The van der Waals surface area contributed by atoms with Crippen LogP contribution in [0.5, 0.6) is 5.75 Å². The molecule has 0 saturated carbocycles. The van der Waals surface area contributed by atoms with E-state index in [-0.39, 0.29) is 12.5 Å². The van der Waals surface area contributed by atoms with Crippen molar-refractivity contribution >= 4 is 11.9 Å². The molecule has 0 spiro atoms. The van der Waals surface area contributed by atoms with Crippen molar-refractivity contribution in [3.8, 4) is 5.75 Å². The van der Waals surface area contributed by atoms with Crippen molar-refractivity contribution in [1.82, 2.24) is 15.5 Å². The average Bonchev–Trinajstić information content (AvgIpc) is 2.97. The number of carbonyl (C=O) groups is 2. The molecule has 2 rings (SSSR count). The summed E-state index contributed by atoms with van der Waals surface area (Å²) in [7, 11) is 0. The third-order valence-electron chi connectivity index (χ3n) is 3.34. The number of ether oxygens (including phenoxy) is 1. The summed E-state index contributed by atoms with van der Waals surface area (Å²) in [5.74, 6) is -0.0806. The Labute approximate surface area is 145 Å². The summed E-state index contributed by atoms with van der Waals surface area (Å²) in [5, 5.41) is 15.5. The van der Waals surface area contributed by atoms with Crippen molar-refractivity contribution in [2.45, 2.75) is 39.8 Å². The molecular weight excluding hydrogens is 326 g/mol. The number of nitrogens with zero attached hydrogens (tertiary/aromatic N) is 2. The zero-order valence-electron chi connectivity index (χ0n) is 14.4. The van der Waals surface area contributed by atoms with Crippen molar-refractivity contribution < 1.29 is 24.0 Å². The van der Waals surface area contributed by atoms with Crippen LogP contribution in [0.25, 0.3) is 0 Å². The summed E-state index contributed by atoms with van der Waals surface area (Å²) in [6.45, 7) is 5.58. The Balaban J connectivity index is 2.01. The Hall–Kier alpha value is -2.90. The van der Waals surface area contributed by atoms with E-state index in [9.17, 15) is 14.7 Å². The number of aliphatic carboxylic acids is 1. The van der Waals surface area contributed by atoms with Crippen LogP contribution in [0.3, 0.4) is 0 Å². The maximum Gasteiger partial charge on any atom is 0.326 e. The van der Waals surface area contributed by atoms with Gasteiger partial charge >= 0.3 is 5.97 Å². The topological polar surface area (TPSA) is 115 Å². The van der Waals surface area contributed by atoms with Crippen LogP contribution < -0.4 is 10.1 Å². The lowest BCUT2D eigenvalue weighted by atomic mass is 10.0. The fraction of sp³-hybridized carbons (Fsp3) is 0.412. The van der Waals surface area contributed by atoms with Gasteiger partial charge in [-0.15, -0.1) is 0 Å². The SMILES string of the molecule is Cc1nc(COc2cccc(C(=O)N[C@@H](CC(C)C)C(=O)O)c2)no1. The van der Waals surface area contributed by atoms with Gasteiger partial charge in [0.1, 0.15) is 11.8 Å². The Bertz CT molecular complexity index is 741. The van der Waals surface area contributed by atoms with Gasteiger partial charge < -0.3 is 19.7 Å². The van der Waals surface area contributed by atoms with Gasteiger partial charge in [0.05, 0.1) is 0 Å². The van der Waals surface area contributed by atoms with Gasteiger partial charge in [-0.3, -0.25) is 4.79 Å². The minimum absolute atomic E-state index is 0.105. The first-order chi connectivity index (χ1) is 11.8. The van der Waals surface area contributed by atoms with Crippen LogP contribution in [0.4, 0.5) is 0 Å². The molecule has 1 aromatic carbocycles. The molecule has 0 fully saturated rings. The first kappa shape index (κ1) is 18.4. The minimum atomic E-state index is -1.05. The third kappa shape index (κ3) is 5.59. The summed E-state index contributed by atoms with van der Waals surface area (Å²) >= 11 is 0. The molecule has 134 valence electrons. The van der Waals surface area contributed by atoms with Gasteiger partial charge in [0, 0.05) is 12.5 Å². The second-order valence-corrected chi connectivity index (χ2v) is 6.04. The molecule has 0 saturated heterocycles. The molecule has 2 aromatic rings. The second-order valence-electron chi connectivity index (χ2n) is 6.04. The molecule has 0 aliphatic carbocycles. The smallest absolute Gasteiger partial charge is 0.326 e. The molecule has 1 aromatic heterocycles. The van der Waals surface area contributed by atoms with Crippen LogP contribution in [0.15, 0.2) is 28.8 Å². The molecule has 1 atom stereocenters. The number of aromatic nitrogens is 2. The molecule has 0 aliphatic heterocycles. The number of hydrogen-bond acceptors (Lipinski definition) is 6. The van der Waals surface area contributed by atoms with E-state index >= 15 is 0 Å². The lowest BCUT2D eigenvalue weighted by Gasteiger charge is -2.16. The number of carboxylic acid groups (broad SMARTS) is 1. The summed E-state index contributed by atoms with van der Waals surface area (Å²) in [6.07, 6.45) is 0.356. The van der Waals surface area contributed by atoms with Gasteiger partial charge in [0.15, 0.2) is 6.61 Å². The highest BCUT2D eigenvalue weighted by atomic mass is 16.5. The number of benzene rings is 1. The Morgan fingerprint density at radius 2 is 2.12 bits per heavy atom. The molecular formula is C17H21N3O5. The number of hydrogen-bond donors (Lipinski definition) is 2. The first-order valence-corrected chi connectivity index (χ1v) is 7.91. The first-order valence-electron chi connectivity index (χ1n) is 7.91. The van der Waals surface area contributed by atoms with E-state index in [4.69, 9.17) is 9.26 Å². The minimum Gasteiger partial charge on any atom is -0.485 e. The summed E-state index contributed by atoms with van der Waals surface area (Å²) in [5.41, 5.74) is 0.316. The van der Waals surface area contributed by atoms with Crippen LogP contribution in [0, 0.1) is 12.8 Å². The number of aryl methyl sites for hydroxylation is 1. The van der Waals surface area contributed by atoms with Gasteiger partial charge in [0.25, 0.3) is 5.91 Å². The normalized spacial score (nSPS) is 12.0. The average molecular weight is 347 g/mol. The van der Waals surface area contributed by atoms with E-state index in [1.807, 2.05) is 13.8 Å². The summed E-state index contributed by atoms with van der Waals surface area (Å²) in [4.78, 5) is 27.6. The fourth-order valence-electron chi connectivity index (χ4n) is 2.21. The lowest BCUT2D eigenvalue weighted by molar-refractivity contribution is -0.139. The molecule has 8 heteroatoms. The predicted molar refractivity (Wildman–Crippen MR) is 88.2 cm³/mol. The molecule has 1 amide bonds. The van der Waals surface area contributed by atoms with Crippen molar-refractivity contribution in [3.05, 3.63) is 41.5 Å². The molecule has 0 bridgehead atoms. The highest BCUT2D eigenvalue weighted by Gasteiger charge is 2.21. The van der Waals surface area contributed by atoms with Crippen molar-refractivity contribution in [2.24, 2.45) is 5.92 Å². The van der Waals surface area contributed by atoms with Gasteiger partial charge in [-0.2, -0.15) is 4.98 Å². The Morgan fingerprint density at radius 1 is 1.36 bits per heavy atom. The quantitative estimate of drug-likeness (QED) is 0.752. The zero-order valence-corrected chi connectivity index (χ0v) is 14.4. The molecule has 0 radical (unpaired) electrons. The largest absolute Gasteiger partial charge is 0.485 e. The number of amides is 1. The van der Waals surface area contributed by atoms with E-state index in [1.165, 1.54) is 6.07 Å². The maximum atomic E-state index is 12.3. The van der Waals surface area contributed by atoms with Crippen LogP contribution in [0.2, 0.25) is 0 Å². The van der Waals surface area contributed by atoms with Crippen molar-refractivity contribution in [2.75, 3.05) is 0 Å². The van der Waals surface area contributed by atoms with Crippen molar-refractivity contribution in [1.29, 1.82) is 0 Å². The predicted octanol–water partition coefficient (Wildman–Crippen LogP) is 2.19. The van der Waals surface area contributed by atoms with Crippen LogP contribution in [0.1, 0.15) is 42.3 Å². The number of nitrogens with one attached hydrogen (secondary N) is 1. The van der Waals surface area contributed by atoms with E-state index < -0.39 is 17.9 Å². The molecule has 0 unspecified atom stereocenters. The number of carbonyl (C=O) groups excluding carboxylic acids is 1. The number of carboxylic acids is 1. The van der Waals surface area contributed by atoms with Gasteiger partial charge in [-0.1, -0.05) is 25.1 Å². The monoisotopic (exact) mass is 347 g/mol. The molecule has 1 heterocycles. The van der Waals surface area contributed by atoms with Crippen LogP contribution in [-0.2, 0) is 11.4 Å². The van der Waals surface area contributed by atoms with Gasteiger partial charge in [-0.25, -0.2) is 4.79 Å². The van der Waals surface area contributed by atoms with Crippen LogP contribution in [-0.4, -0.2) is 33.2 Å². The standard InChI is InChI=1S/C17H21N3O5/c1-10(2)7-14(17(22)23)19-16(21)12-5-4-6-13(8-12)24-9-15-18-11(3)25-20-15/h4-6,8,10,14H,7,9H2,1-3H3,(H,19,21)(H,22,23)/t14-/m0/s1. The summed E-state index contributed by atoms with van der Waals surface area (Å²) in [6, 6.07) is 5.54. The number of rotatable bonds is 8. The summed E-state index contributed by atoms with van der Waals surface area (Å²) < 4.78 is 10.4. The second kappa shape index (κ2) is 8.27. The molecule has 25 heavy (non-hydrogen) atoms. The van der Waals surface area contributed by atoms with E-state index in [2.05, 4.69) is 15.5 Å². The van der Waals surface area contributed by atoms with E-state index in [0.29, 0.717) is 29.4 Å². The van der Waals surface area contributed by atoms with E-state index in [1.54, 1.807) is 25.1 Å². The highest BCUT2D eigenvalue weighted by molar-refractivity contribution is 5.96. The fourth-order valence-corrected chi connectivity index (χ4v) is 2.21. The maximum absolute atomic E-state index is 12.3. The van der Waals surface area contributed by atoms with Crippen LogP contribution >= 0.6 is 0 Å². The third-order valence-corrected chi connectivity index (χ3v) is 3.34. The van der Waals surface area contributed by atoms with Gasteiger partial charge in [-0.05, 0) is 30.5 Å². The zero-order chi connectivity index (χ0) is 18.4. The Morgan fingerprint density at radius 3 is 2.72 bits per heavy atom. The molecule has 2 N–H and O–H groups in total.